The number of amides is 2. The maximum Gasteiger partial charge on any atom is 0.258 e. The SMILES string of the molecule is O=C(Cc1ccc(N(Cc2ccc(F)cc2)C(=O)c2cccc(F)c2)cc1)NCc1ccc2c(c1)OCO2. The second kappa shape index (κ2) is 11.1. The Bertz CT molecular complexity index is 1460. The zero-order chi connectivity index (χ0) is 26.5. The molecule has 192 valence electrons. The summed E-state index contributed by atoms with van der Waals surface area (Å²) in [4.78, 5) is 27.4. The van der Waals surface area contributed by atoms with Crippen LogP contribution in [0.3, 0.4) is 0 Å². The van der Waals surface area contributed by atoms with Crippen LogP contribution in [0.15, 0.2) is 91.0 Å². The summed E-state index contributed by atoms with van der Waals surface area (Å²) in [7, 11) is 0. The predicted octanol–water partition coefficient (Wildman–Crippen LogP) is 5.40. The first-order chi connectivity index (χ1) is 18.4. The van der Waals surface area contributed by atoms with Crippen molar-refractivity contribution in [2.24, 2.45) is 0 Å². The molecule has 1 aliphatic rings. The van der Waals surface area contributed by atoms with Gasteiger partial charge in [-0.25, -0.2) is 8.78 Å². The number of ether oxygens (including phenoxy) is 2. The van der Waals surface area contributed by atoms with Gasteiger partial charge in [0.25, 0.3) is 5.91 Å². The lowest BCUT2D eigenvalue weighted by atomic mass is 10.1. The molecule has 0 bridgehead atoms. The number of rotatable bonds is 8. The van der Waals surface area contributed by atoms with E-state index in [9.17, 15) is 18.4 Å². The first-order valence-corrected chi connectivity index (χ1v) is 12.0. The normalized spacial score (nSPS) is 11.7. The maximum atomic E-state index is 13.8. The lowest BCUT2D eigenvalue weighted by molar-refractivity contribution is -0.120. The maximum absolute atomic E-state index is 13.8. The van der Waals surface area contributed by atoms with Crippen molar-refractivity contribution in [1.29, 1.82) is 0 Å². The topological polar surface area (TPSA) is 67.9 Å². The molecule has 0 radical (unpaired) electrons. The van der Waals surface area contributed by atoms with Crippen LogP contribution in [0, 0.1) is 11.6 Å². The minimum absolute atomic E-state index is 0.153. The molecule has 0 unspecified atom stereocenters. The van der Waals surface area contributed by atoms with Crippen LogP contribution in [0.4, 0.5) is 14.5 Å². The molecule has 1 N–H and O–H groups in total. The number of hydrogen-bond donors (Lipinski definition) is 1. The molecule has 4 aromatic rings. The summed E-state index contributed by atoms with van der Waals surface area (Å²) in [5.41, 5.74) is 3.12. The predicted molar refractivity (Wildman–Crippen MR) is 138 cm³/mol. The van der Waals surface area contributed by atoms with Crippen molar-refractivity contribution in [2.75, 3.05) is 11.7 Å². The Hall–Kier alpha value is -4.72. The summed E-state index contributed by atoms with van der Waals surface area (Å²) in [6.07, 6.45) is 0.153. The summed E-state index contributed by atoms with van der Waals surface area (Å²) < 4.78 is 37.9. The van der Waals surface area contributed by atoms with Gasteiger partial charge in [-0.1, -0.05) is 36.4 Å². The van der Waals surface area contributed by atoms with Crippen LogP contribution < -0.4 is 19.7 Å². The molecule has 0 spiro atoms. The Balaban J connectivity index is 1.27. The molecule has 1 aliphatic heterocycles. The number of hydrogen-bond acceptors (Lipinski definition) is 4. The summed E-state index contributed by atoms with van der Waals surface area (Å²) in [6.45, 7) is 0.697. The van der Waals surface area contributed by atoms with Crippen LogP contribution in [0.2, 0.25) is 0 Å². The van der Waals surface area contributed by atoms with Gasteiger partial charge in [0.05, 0.1) is 13.0 Å². The summed E-state index contributed by atoms with van der Waals surface area (Å²) >= 11 is 0. The third kappa shape index (κ3) is 5.98. The quantitative estimate of drug-likeness (QED) is 0.342. The molecular formula is C30H24F2N2O4. The Kier molecular flexibility index (Phi) is 7.31. The van der Waals surface area contributed by atoms with Gasteiger partial charge in [0, 0.05) is 17.8 Å². The molecular weight excluding hydrogens is 490 g/mol. The van der Waals surface area contributed by atoms with Crippen molar-refractivity contribution in [1.82, 2.24) is 5.32 Å². The number of anilines is 1. The van der Waals surface area contributed by atoms with Gasteiger partial charge in [0.15, 0.2) is 11.5 Å². The van der Waals surface area contributed by atoms with E-state index in [0.29, 0.717) is 29.3 Å². The smallest absolute Gasteiger partial charge is 0.258 e. The van der Waals surface area contributed by atoms with Gasteiger partial charge in [-0.3, -0.25) is 9.59 Å². The molecule has 1 heterocycles. The zero-order valence-electron chi connectivity index (χ0n) is 20.3. The minimum Gasteiger partial charge on any atom is -0.454 e. The molecule has 2 amide bonds. The van der Waals surface area contributed by atoms with Crippen LogP contribution in [0.25, 0.3) is 0 Å². The molecule has 6 nitrogen and oxygen atoms in total. The second-order valence-electron chi connectivity index (χ2n) is 8.84. The Morgan fingerprint density at radius 3 is 2.24 bits per heavy atom. The lowest BCUT2D eigenvalue weighted by Gasteiger charge is -2.23. The summed E-state index contributed by atoms with van der Waals surface area (Å²) in [5.74, 6) is -0.107. The van der Waals surface area contributed by atoms with E-state index in [0.717, 1.165) is 11.1 Å². The highest BCUT2D eigenvalue weighted by Crippen LogP contribution is 2.32. The first-order valence-electron chi connectivity index (χ1n) is 12.0. The minimum atomic E-state index is -0.514. The van der Waals surface area contributed by atoms with E-state index < -0.39 is 11.7 Å². The van der Waals surface area contributed by atoms with E-state index in [1.54, 1.807) is 42.5 Å². The van der Waals surface area contributed by atoms with E-state index in [2.05, 4.69) is 5.32 Å². The van der Waals surface area contributed by atoms with Gasteiger partial charge < -0.3 is 19.7 Å². The summed E-state index contributed by atoms with van der Waals surface area (Å²) in [6, 6.07) is 23.8. The molecule has 0 fully saturated rings. The van der Waals surface area contributed by atoms with Gasteiger partial charge in [-0.05, 0) is 71.3 Å². The van der Waals surface area contributed by atoms with E-state index >= 15 is 0 Å². The van der Waals surface area contributed by atoms with Crippen molar-refractivity contribution >= 4 is 17.5 Å². The number of nitrogens with zero attached hydrogens (tertiary/aromatic N) is 1. The van der Waals surface area contributed by atoms with Gasteiger partial charge in [0.1, 0.15) is 11.6 Å². The average Bonchev–Trinajstić information content (AvgIpc) is 3.40. The number of fused-ring (bicyclic) bond motifs is 1. The molecule has 0 aromatic heterocycles. The fourth-order valence-electron chi connectivity index (χ4n) is 4.12. The fraction of sp³-hybridized carbons (Fsp3) is 0.133. The van der Waals surface area contributed by atoms with Crippen LogP contribution in [0.1, 0.15) is 27.0 Å². The van der Waals surface area contributed by atoms with Gasteiger partial charge in [-0.2, -0.15) is 0 Å². The van der Waals surface area contributed by atoms with Crippen LogP contribution in [0.5, 0.6) is 11.5 Å². The monoisotopic (exact) mass is 514 g/mol. The van der Waals surface area contributed by atoms with Crippen LogP contribution in [-0.2, 0) is 24.3 Å². The second-order valence-corrected chi connectivity index (χ2v) is 8.84. The van der Waals surface area contributed by atoms with E-state index in [1.165, 1.54) is 35.2 Å². The highest BCUT2D eigenvalue weighted by molar-refractivity contribution is 6.06. The largest absolute Gasteiger partial charge is 0.454 e. The highest BCUT2D eigenvalue weighted by atomic mass is 19.1. The highest BCUT2D eigenvalue weighted by Gasteiger charge is 2.19. The van der Waals surface area contributed by atoms with Crippen molar-refractivity contribution in [3.8, 4) is 11.5 Å². The van der Waals surface area contributed by atoms with E-state index in [1.807, 2.05) is 18.2 Å². The fourth-order valence-corrected chi connectivity index (χ4v) is 4.12. The average molecular weight is 515 g/mol. The number of carbonyl (C=O) groups excluding carboxylic acids is 2. The number of carbonyl (C=O) groups is 2. The number of benzene rings is 4. The molecule has 0 atom stereocenters. The standard InChI is InChI=1S/C30H24F2N2O4/c31-24-9-4-21(5-10-24)18-34(30(36)23-2-1-3-25(32)16-23)26-11-6-20(7-12-26)15-29(35)33-17-22-8-13-27-28(14-22)38-19-37-27/h1-14,16H,15,17-19H2,(H,33,35). The lowest BCUT2D eigenvalue weighted by Crippen LogP contribution is -2.30. The molecule has 38 heavy (non-hydrogen) atoms. The Morgan fingerprint density at radius 2 is 1.47 bits per heavy atom. The molecule has 4 aromatic carbocycles. The van der Waals surface area contributed by atoms with Crippen molar-refractivity contribution in [3.63, 3.8) is 0 Å². The first kappa shape index (κ1) is 25.0. The van der Waals surface area contributed by atoms with Crippen molar-refractivity contribution in [2.45, 2.75) is 19.5 Å². The van der Waals surface area contributed by atoms with Crippen LogP contribution in [-0.4, -0.2) is 18.6 Å². The number of nitrogens with one attached hydrogen (secondary N) is 1. The van der Waals surface area contributed by atoms with Crippen molar-refractivity contribution in [3.05, 3.63) is 125 Å². The van der Waals surface area contributed by atoms with Crippen molar-refractivity contribution < 1.29 is 27.8 Å². The Labute approximate surface area is 218 Å². The molecule has 8 heteroatoms. The molecule has 5 rings (SSSR count). The number of halogens is 2. The summed E-state index contributed by atoms with van der Waals surface area (Å²) in [5, 5.41) is 2.89. The molecule has 0 aliphatic carbocycles. The molecule has 0 saturated carbocycles. The van der Waals surface area contributed by atoms with E-state index in [4.69, 9.17) is 9.47 Å². The van der Waals surface area contributed by atoms with Gasteiger partial charge >= 0.3 is 0 Å². The van der Waals surface area contributed by atoms with Crippen LogP contribution >= 0.6 is 0 Å². The zero-order valence-corrected chi connectivity index (χ0v) is 20.3. The van der Waals surface area contributed by atoms with Gasteiger partial charge in [0.2, 0.25) is 12.7 Å². The third-order valence-corrected chi connectivity index (χ3v) is 6.11. The Morgan fingerprint density at radius 1 is 0.763 bits per heavy atom. The van der Waals surface area contributed by atoms with Gasteiger partial charge in [-0.15, -0.1) is 0 Å². The molecule has 0 saturated heterocycles. The third-order valence-electron chi connectivity index (χ3n) is 6.11. The van der Waals surface area contributed by atoms with E-state index in [-0.39, 0.29) is 37.0 Å².